The molecule has 0 amide bonds. The second-order valence-electron chi connectivity index (χ2n) is 3.37. The van der Waals surface area contributed by atoms with Gasteiger partial charge in [-0.3, -0.25) is 0 Å². The lowest BCUT2D eigenvalue weighted by molar-refractivity contribution is -0.115. The molecule has 2 nitrogen and oxygen atoms in total. The summed E-state index contributed by atoms with van der Waals surface area (Å²) in [7, 11) is 4.12. The zero-order valence-corrected chi connectivity index (χ0v) is 9.02. The zero-order valence-electron chi connectivity index (χ0n) is 8.12. The highest BCUT2D eigenvalue weighted by atomic mass is 31.1. The Morgan fingerprint density at radius 3 is 2.69 bits per heavy atom. The molecular formula is C9H16BNOP+. The molecule has 0 fully saturated rings. The summed E-state index contributed by atoms with van der Waals surface area (Å²) in [5, 5.41) is 0. The van der Waals surface area contributed by atoms with Gasteiger partial charge in [0.2, 0.25) is 0 Å². The summed E-state index contributed by atoms with van der Waals surface area (Å²) < 4.78 is 0. The van der Waals surface area contributed by atoms with Crippen molar-refractivity contribution in [3.63, 3.8) is 0 Å². The van der Waals surface area contributed by atoms with Crippen LogP contribution in [0.25, 0.3) is 0 Å². The van der Waals surface area contributed by atoms with E-state index in [0.717, 1.165) is 12.8 Å². The number of carbonyl (C=O) groups excluding carboxylic acids is 1. The van der Waals surface area contributed by atoms with E-state index in [1.54, 1.807) is 6.92 Å². The highest BCUT2D eigenvalue weighted by molar-refractivity contribution is 7.93. The predicted octanol–water partition coefficient (Wildman–Crippen LogP) is 1.58. The highest BCUT2D eigenvalue weighted by Gasteiger charge is 2.34. The Bertz CT molecular complexity index is 226. The Morgan fingerprint density at radius 1 is 1.77 bits per heavy atom. The van der Waals surface area contributed by atoms with Gasteiger partial charge < -0.3 is 5.73 Å². The fourth-order valence-electron chi connectivity index (χ4n) is 1.05. The van der Waals surface area contributed by atoms with Gasteiger partial charge in [0.25, 0.3) is 0 Å². The smallest absolute Gasteiger partial charge is 0.316 e. The van der Waals surface area contributed by atoms with Crippen molar-refractivity contribution in [2.75, 3.05) is 0 Å². The molecule has 2 unspecified atom stereocenters. The van der Waals surface area contributed by atoms with Crippen molar-refractivity contribution in [2.24, 2.45) is 5.73 Å². The van der Waals surface area contributed by atoms with Crippen molar-refractivity contribution in [2.45, 2.75) is 31.7 Å². The SMILES string of the molecule is [B][P+](=C)C(=O)C(C)(N)CCCC=C. The van der Waals surface area contributed by atoms with Gasteiger partial charge in [0.1, 0.15) is 5.54 Å². The second-order valence-corrected chi connectivity index (χ2v) is 4.72. The molecule has 0 aliphatic carbocycles. The molecule has 0 aromatic carbocycles. The van der Waals surface area contributed by atoms with Crippen LogP contribution < -0.4 is 5.73 Å². The number of rotatable bonds is 6. The fourth-order valence-corrected chi connectivity index (χ4v) is 1.82. The fraction of sp³-hybridized carbons (Fsp3) is 0.556. The van der Waals surface area contributed by atoms with E-state index in [1.807, 2.05) is 6.08 Å². The van der Waals surface area contributed by atoms with E-state index in [2.05, 4.69) is 12.9 Å². The first-order valence-electron chi connectivity index (χ1n) is 4.21. The first-order valence-corrected chi connectivity index (χ1v) is 5.81. The molecule has 2 atom stereocenters. The first kappa shape index (κ1) is 12.6. The molecule has 0 aliphatic rings. The largest absolute Gasteiger partial charge is 0.452 e. The van der Waals surface area contributed by atoms with Gasteiger partial charge in [-0.1, -0.05) is 6.08 Å². The summed E-state index contributed by atoms with van der Waals surface area (Å²) in [6.45, 7) is 5.32. The van der Waals surface area contributed by atoms with E-state index in [0.29, 0.717) is 6.42 Å². The third-order valence-corrected chi connectivity index (χ3v) is 2.89. The van der Waals surface area contributed by atoms with Crippen molar-refractivity contribution in [3.8, 4) is 0 Å². The van der Waals surface area contributed by atoms with Crippen LogP contribution in [0.4, 0.5) is 0 Å². The van der Waals surface area contributed by atoms with Crippen LogP contribution in [-0.4, -0.2) is 24.9 Å². The number of nitrogens with two attached hydrogens (primary N) is 1. The summed E-state index contributed by atoms with van der Waals surface area (Å²) in [6.07, 6.45) is 7.72. The highest BCUT2D eigenvalue weighted by Crippen LogP contribution is 2.25. The van der Waals surface area contributed by atoms with Crippen LogP contribution in [0.2, 0.25) is 0 Å². The summed E-state index contributed by atoms with van der Waals surface area (Å²) in [5.41, 5.74) is 4.88. The first-order chi connectivity index (χ1) is 5.91. The normalized spacial score (nSPS) is 16.0. The van der Waals surface area contributed by atoms with Crippen LogP contribution in [0.15, 0.2) is 12.7 Å². The Balaban J connectivity index is 4.13. The summed E-state index contributed by atoms with van der Waals surface area (Å²) in [6, 6.07) is 0. The van der Waals surface area contributed by atoms with Gasteiger partial charge in [-0.25, -0.2) is 4.79 Å². The van der Waals surface area contributed by atoms with E-state index < -0.39 is 13.0 Å². The Kier molecular flexibility index (Phi) is 5.20. The van der Waals surface area contributed by atoms with E-state index >= 15 is 0 Å². The lowest BCUT2D eigenvalue weighted by Crippen LogP contribution is -2.43. The Labute approximate surface area is 82.3 Å². The average molecular weight is 196 g/mol. The summed E-state index contributed by atoms with van der Waals surface area (Å²) in [4.78, 5) is 11.4. The predicted molar refractivity (Wildman–Crippen MR) is 61.4 cm³/mol. The molecule has 0 aromatic heterocycles. The van der Waals surface area contributed by atoms with Crippen LogP contribution >= 0.6 is 7.42 Å². The molecule has 2 radical (unpaired) electrons. The minimum atomic E-state index is -1.31. The third-order valence-electron chi connectivity index (χ3n) is 1.85. The number of hydrogen-bond donors (Lipinski definition) is 1. The van der Waals surface area contributed by atoms with Gasteiger partial charge in [-0.05, 0) is 26.2 Å². The van der Waals surface area contributed by atoms with Crippen molar-refractivity contribution in [3.05, 3.63) is 12.7 Å². The monoisotopic (exact) mass is 196 g/mol. The molecule has 2 N–H and O–H groups in total. The van der Waals surface area contributed by atoms with Crippen molar-refractivity contribution in [1.82, 2.24) is 0 Å². The van der Waals surface area contributed by atoms with Gasteiger partial charge in [-0.15, -0.1) is 6.58 Å². The maximum Gasteiger partial charge on any atom is 0.452 e. The maximum atomic E-state index is 11.4. The molecule has 0 aromatic rings. The molecular weight excluding hydrogens is 180 g/mol. The molecule has 0 saturated heterocycles. The number of hydrogen-bond acceptors (Lipinski definition) is 2. The maximum absolute atomic E-state index is 11.4. The van der Waals surface area contributed by atoms with Crippen molar-refractivity contribution >= 4 is 26.8 Å². The van der Waals surface area contributed by atoms with Crippen LogP contribution in [0.5, 0.6) is 0 Å². The number of unbranched alkanes of at least 4 members (excludes halogenated alkanes) is 1. The molecule has 13 heavy (non-hydrogen) atoms. The topological polar surface area (TPSA) is 43.1 Å². The lowest BCUT2D eigenvalue weighted by atomic mass is 9.98. The van der Waals surface area contributed by atoms with Crippen LogP contribution in [0.1, 0.15) is 26.2 Å². The zero-order chi connectivity index (χ0) is 10.5. The van der Waals surface area contributed by atoms with Crippen molar-refractivity contribution < 1.29 is 4.79 Å². The molecule has 0 heterocycles. The quantitative estimate of drug-likeness (QED) is 0.303. The van der Waals surface area contributed by atoms with Gasteiger partial charge in [0.05, 0.1) is 13.7 Å². The number of allylic oxidation sites excluding steroid dienone is 1. The minimum Gasteiger partial charge on any atom is -0.316 e. The van der Waals surface area contributed by atoms with Crippen LogP contribution in [0, 0.1) is 0 Å². The summed E-state index contributed by atoms with van der Waals surface area (Å²) >= 11 is 0. The van der Waals surface area contributed by atoms with Crippen molar-refractivity contribution in [1.29, 1.82) is 0 Å². The minimum absolute atomic E-state index is 0.119. The molecule has 0 rings (SSSR count). The van der Waals surface area contributed by atoms with E-state index in [9.17, 15) is 4.79 Å². The van der Waals surface area contributed by atoms with Gasteiger partial charge in [0.15, 0.2) is 0 Å². The van der Waals surface area contributed by atoms with E-state index in [1.165, 1.54) is 0 Å². The standard InChI is InChI=1S/C9H16BNOP/c1-4-5-6-7-9(2,11)8(12)13(3)10/h4H,1,3,5-7,11H2,2H3/q+1. The Morgan fingerprint density at radius 2 is 2.31 bits per heavy atom. The summed E-state index contributed by atoms with van der Waals surface area (Å²) in [5.74, 6) is 0. The molecule has 70 valence electrons. The van der Waals surface area contributed by atoms with E-state index in [-0.39, 0.29) is 5.52 Å². The molecule has 4 heteroatoms. The lowest BCUT2D eigenvalue weighted by Gasteiger charge is -2.17. The van der Waals surface area contributed by atoms with Crippen LogP contribution in [0.3, 0.4) is 0 Å². The van der Waals surface area contributed by atoms with Gasteiger partial charge in [-0.2, -0.15) is 0 Å². The second kappa shape index (κ2) is 5.36. The molecule has 0 saturated carbocycles. The third kappa shape index (κ3) is 4.40. The molecule has 0 spiro atoms. The Hall–Kier alpha value is -0.395. The number of carbonyl (C=O) groups is 1. The van der Waals surface area contributed by atoms with Crippen LogP contribution in [-0.2, 0) is 4.79 Å². The van der Waals surface area contributed by atoms with Gasteiger partial charge in [0, 0.05) is 0 Å². The van der Waals surface area contributed by atoms with Gasteiger partial charge >= 0.3 is 13.1 Å². The molecule has 0 bridgehead atoms. The molecule has 0 aliphatic heterocycles. The average Bonchev–Trinajstić information content (AvgIpc) is 2.03. The van der Waals surface area contributed by atoms with E-state index in [4.69, 9.17) is 13.3 Å².